The Morgan fingerprint density at radius 3 is 2.28 bits per heavy atom. The van der Waals surface area contributed by atoms with E-state index in [1.54, 1.807) is 65.1 Å². The van der Waals surface area contributed by atoms with Crippen molar-refractivity contribution in [2.75, 3.05) is 13.7 Å². The highest BCUT2D eigenvalue weighted by atomic mass is 16.7. The van der Waals surface area contributed by atoms with Crippen molar-refractivity contribution < 1.29 is 53.1 Å². The van der Waals surface area contributed by atoms with Crippen molar-refractivity contribution in [2.24, 2.45) is 23.7 Å². The van der Waals surface area contributed by atoms with Crippen LogP contribution in [0.3, 0.4) is 0 Å². The molecule has 2 aliphatic rings. The minimum absolute atomic E-state index is 0.0173. The van der Waals surface area contributed by atoms with Crippen molar-refractivity contribution >= 4 is 23.5 Å². The van der Waals surface area contributed by atoms with Gasteiger partial charge in [0, 0.05) is 17.8 Å². The van der Waals surface area contributed by atoms with E-state index in [1.807, 2.05) is 6.92 Å². The Labute approximate surface area is 296 Å². The van der Waals surface area contributed by atoms with Gasteiger partial charge in [0.1, 0.15) is 23.4 Å². The number of rotatable bonds is 9. The number of aliphatic hydroxyl groups excluding tert-OH is 1. The molecule has 1 aromatic carbocycles. The maximum atomic E-state index is 14.2. The number of carbonyl (C=O) groups excluding carboxylic acids is 4. The third-order valence-corrected chi connectivity index (χ3v) is 10.3. The molecule has 0 spiro atoms. The van der Waals surface area contributed by atoms with Gasteiger partial charge in [0.15, 0.2) is 18.2 Å². The predicted octanol–water partition coefficient (Wildman–Crippen LogP) is 3.80. The molecule has 3 N–H and O–H groups in total. The SMILES string of the molecule is C=CCO[C@]1(C)C[C@@H](C)C(=O)[C@H](C)[C@@H](O)[C@](C)(O)[C@@H](CC)OC(=O)[C@H](C)C(=O)[C@H](C)[C@H]1O[C@@H]1O[C@H](C)C[C@H](NC)[C@H]1OC(=O)c1ccccc1. The summed E-state index contributed by atoms with van der Waals surface area (Å²) >= 11 is 0. The lowest BCUT2D eigenvalue weighted by Crippen LogP contribution is -2.60. The molecule has 3 rings (SSSR count). The fourth-order valence-corrected chi connectivity index (χ4v) is 7.31. The van der Waals surface area contributed by atoms with Crippen molar-refractivity contribution in [3.8, 4) is 0 Å². The van der Waals surface area contributed by atoms with Crippen LogP contribution < -0.4 is 5.32 Å². The molecule has 12 heteroatoms. The topological polar surface area (TPSA) is 167 Å². The van der Waals surface area contributed by atoms with Crippen LogP contribution in [0, 0.1) is 23.7 Å². The average molecular weight is 704 g/mol. The number of hydrogen-bond acceptors (Lipinski definition) is 12. The van der Waals surface area contributed by atoms with E-state index in [0.717, 1.165) is 0 Å². The third kappa shape index (κ3) is 9.26. The number of ketones is 2. The van der Waals surface area contributed by atoms with E-state index in [-0.39, 0.29) is 31.3 Å². The number of likely N-dealkylation sites (N-methyl/N-ethyl adjacent to an activating group) is 1. The molecule has 13 atom stereocenters. The summed E-state index contributed by atoms with van der Waals surface area (Å²) in [6.07, 6.45) is -4.29. The number of esters is 2. The first-order valence-electron chi connectivity index (χ1n) is 17.6. The summed E-state index contributed by atoms with van der Waals surface area (Å²) in [7, 11) is 1.74. The van der Waals surface area contributed by atoms with Crippen LogP contribution in [-0.2, 0) is 38.1 Å². The van der Waals surface area contributed by atoms with E-state index >= 15 is 0 Å². The molecular weight excluding hydrogens is 646 g/mol. The number of Topliss-reactive ketones (excluding diaryl/α,β-unsaturated/α-hetero) is 2. The third-order valence-electron chi connectivity index (χ3n) is 10.3. The second-order valence-corrected chi connectivity index (χ2v) is 14.4. The maximum absolute atomic E-state index is 14.2. The maximum Gasteiger partial charge on any atom is 0.338 e. The zero-order chi connectivity index (χ0) is 37.6. The number of cyclic esters (lactones) is 1. The summed E-state index contributed by atoms with van der Waals surface area (Å²) in [5.41, 5.74) is -3.05. The lowest BCUT2D eigenvalue weighted by atomic mass is 9.74. The molecule has 0 amide bonds. The zero-order valence-corrected chi connectivity index (χ0v) is 30.9. The lowest BCUT2D eigenvalue weighted by Gasteiger charge is -2.47. The largest absolute Gasteiger partial charge is 0.459 e. The minimum Gasteiger partial charge on any atom is -0.459 e. The zero-order valence-electron chi connectivity index (χ0n) is 30.9. The summed E-state index contributed by atoms with van der Waals surface area (Å²) in [6, 6.07) is 8.12. The molecule has 0 aromatic heterocycles. The van der Waals surface area contributed by atoms with Gasteiger partial charge in [-0.05, 0) is 66.1 Å². The molecule has 280 valence electrons. The Morgan fingerprint density at radius 2 is 1.70 bits per heavy atom. The highest BCUT2D eigenvalue weighted by Gasteiger charge is 2.52. The molecule has 2 saturated heterocycles. The summed E-state index contributed by atoms with van der Waals surface area (Å²) in [5, 5.41) is 25.9. The quantitative estimate of drug-likeness (QED) is 0.194. The average Bonchev–Trinajstić information content (AvgIpc) is 3.10. The summed E-state index contributed by atoms with van der Waals surface area (Å²) in [6.45, 7) is 16.6. The van der Waals surface area contributed by atoms with E-state index in [0.29, 0.717) is 12.0 Å². The first-order chi connectivity index (χ1) is 23.4. The molecule has 0 aliphatic carbocycles. The summed E-state index contributed by atoms with van der Waals surface area (Å²) in [5.74, 6) is -6.56. The summed E-state index contributed by atoms with van der Waals surface area (Å²) in [4.78, 5) is 54.9. The minimum atomic E-state index is -1.99. The lowest BCUT2D eigenvalue weighted by molar-refractivity contribution is -0.291. The Bertz CT molecular complexity index is 1340. The van der Waals surface area contributed by atoms with Crippen molar-refractivity contribution in [3.63, 3.8) is 0 Å². The smallest absolute Gasteiger partial charge is 0.338 e. The normalized spacial score (nSPS) is 39.3. The molecule has 2 aliphatic heterocycles. The molecule has 0 radical (unpaired) electrons. The van der Waals surface area contributed by atoms with Crippen LogP contribution in [0.2, 0.25) is 0 Å². The molecular formula is C38H57NO11. The second-order valence-electron chi connectivity index (χ2n) is 14.4. The number of aliphatic hydroxyl groups is 2. The van der Waals surface area contributed by atoms with Crippen LogP contribution in [-0.4, -0.2) is 101 Å². The molecule has 0 saturated carbocycles. The van der Waals surface area contributed by atoms with Gasteiger partial charge in [-0.1, -0.05) is 52.0 Å². The fraction of sp³-hybridized carbons (Fsp3) is 0.684. The molecule has 0 bridgehead atoms. The van der Waals surface area contributed by atoms with Crippen LogP contribution in [0.1, 0.15) is 85.0 Å². The number of ether oxygens (including phenoxy) is 5. The van der Waals surface area contributed by atoms with Crippen molar-refractivity contribution in [1.29, 1.82) is 0 Å². The van der Waals surface area contributed by atoms with E-state index in [9.17, 15) is 29.4 Å². The van der Waals surface area contributed by atoms with E-state index in [1.165, 1.54) is 26.8 Å². The van der Waals surface area contributed by atoms with Crippen molar-refractivity contribution in [3.05, 3.63) is 48.6 Å². The number of benzene rings is 1. The number of hydrogen-bond donors (Lipinski definition) is 3. The van der Waals surface area contributed by atoms with Crippen LogP contribution in [0.5, 0.6) is 0 Å². The Balaban J connectivity index is 2.15. The Kier molecular flexibility index (Phi) is 14.5. The van der Waals surface area contributed by atoms with Gasteiger partial charge in [0.2, 0.25) is 0 Å². The van der Waals surface area contributed by atoms with Crippen molar-refractivity contribution in [1.82, 2.24) is 5.32 Å². The number of carbonyl (C=O) groups is 4. The van der Waals surface area contributed by atoms with Gasteiger partial charge in [-0.25, -0.2) is 4.79 Å². The van der Waals surface area contributed by atoms with Crippen molar-refractivity contribution in [2.45, 2.75) is 129 Å². The molecule has 2 fully saturated rings. The van der Waals surface area contributed by atoms with Crippen LogP contribution in [0.15, 0.2) is 43.0 Å². The van der Waals surface area contributed by atoms with E-state index < -0.39 is 89.3 Å². The molecule has 1 aromatic rings. The molecule has 0 unspecified atom stereocenters. The van der Waals surface area contributed by atoms with Gasteiger partial charge in [-0.3, -0.25) is 14.4 Å². The second kappa shape index (κ2) is 17.5. The van der Waals surface area contributed by atoms with Gasteiger partial charge >= 0.3 is 11.9 Å². The standard InChI is InChI=1S/C38H57NO11/c1-11-18-46-37(8)20-21(3)29(40)23(5)32(42)38(9,45)28(12-2)48-34(43)25(7)30(41)24(6)33(37)50-36-31(27(39-10)19-22(4)47-36)49-35(44)26-16-14-13-15-17-26/h11,13-17,21-25,27-28,31-33,36,39,42,45H,1,12,18-20H2,2-10H3/t21-,22-,23+,24+,25-,27+,28-,31-,32-,33-,36+,37-,38-/m1/s1. The van der Waals surface area contributed by atoms with E-state index in [2.05, 4.69) is 11.9 Å². The van der Waals surface area contributed by atoms with Crippen LogP contribution in [0.4, 0.5) is 0 Å². The first-order valence-corrected chi connectivity index (χ1v) is 17.6. The monoisotopic (exact) mass is 703 g/mol. The molecule has 12 nitrogen and oxygen atoms in total. The first kappa shape index (κ1) is 41.4. The Hall–Kier alpha value is -3.00. The predicted molar refractivity (Wildman–Crippen MR) is 185 cm³/mol. The number of nitrogens with one attached hydrogen (secondary N) is 1. The van der Waals surface area contributed by atoms with Crippen LogP contribution in [0.25, 0.3) is 0 Å². The molecule has 2 heterocycles. The van der Waals surface area contributed by atoms with Gasteiger partial charge in [0.25, 0.3) is 0 Å². The van der Waals surface area contributed by atoms with Gasteiger partial charge in [-0.2, -0.15) is 0 Å². The van der Waals surface area contributed by atoms with Crippen LogP contribution >= 0.6 is 0 Å². The van der Waals surface area contributed by atoms with Gasteiger partial charge in [-0.15, -0.1) is 6.58 Å². The highest BCUT2D eigenvalue weighted by Crippen LogP contribution is 2.39. The fourth-order valence-electron chi connectivity index (χ4n) is 7.31. The Morgan fingerprint density at radius 1 is 1.06 bits per heavy atom. The molecule has 50 heavy (non-hydrogen) atoms. The van der Waals surface area contributed by atoms with Gasteiger partial charge in [0.05, 0.1) is 42.1 Å². The summed E-state index contributed by atoms with van der Waals surface area (Å²) < 4.78 is 31.1. The van der Waals surface area contributed by atoms with E-state index in [4.69, 9.17) is 23.7 Å². The van der Waals surface area contributed by atoms with Gasteiger partial charge < -0.3 is 39.2 Å². The highest BCUT2D eigenvalue weighted by molar-refractivity contribution is 6.00.